The van der Waals surface area contributed by atoms with Gasteiger partial charge in [0.1, 0.15) is 12.2 Å². The average Bonchev–Trinajstić information content (AvgIpc) is 2.89. The molecule has 0 radical (unpaired) electrons. The lowest BCUT2D eigenvalue weighted by atomic mass is 10.1. The van der Waals surface area contributed by atoms with Crippen molar-refractivity contribution in [1.29, 1.82) is 0 Å². The van der Waals surface area contributed by atoms with Crippen LogP contribution in [0.5, 0.6) is 0 Å². The third kappa shape index (κ3) is 2.64. The molecule has 19 heavy (non-hydrogen) atoms. The maximum absolute atomic E-state index is 12.3. The Balaban J connectivity index is 1.75. The molecule has 0 aliphatic carbocycles. The molecule has 0 saturated carbocycles. The summed E-state index contributed by atoms with van der Waals surface area (Å²) in [5, 5.41) is 4.09. The molecule has 1 saturated heterocycles. The van der Waals surface area contributed by atoms with Crippen LogP contribution in [-0.4, -0.2) is 53.8 Å². The van der Waals surface area contributed by atoms with Crippen molar-refractivity contribution >= 4 is 10.2 Å². The monoisotopic (exact) mass is 287 g/mol. The van der Waals surface area contributed by atoms with Crippen LogP contribution in [0, 0.1) is 0 Å². The van der Waals surface area contributed by atoms with Gasteiger partial charge < -0.3 is 4.74 Å². The highest BCUT2D eigenvalue weighted by Gasteiger charge is 2.31. The quantitative estimate of drug-likeness (QED) is 0.792. The second kappa shape index (κ2) is 5.16. The van der Waals surface area contributed by atoms with E-state index in [1.807, 2.05) is 0 Å². The molecule has 9 heteroatoms. The molecule has 0 aromatic carbocycles. The van der Waals surface area contributed by atoms with Gasteiger partial charge in [0, 0.05) is 19.6 Å². The number of hydrogen-bond donors (Lipinski definition) is 1. The summed E-state index contributed by atoms with van der Waals surface area (Å²) in [6, 6.07) is -0.288. The van der Waals surface area contributed by atoms with Gasteiger partial charge in [0.15, 0.2) is 0 Å². The van der Waals surface area contributed by atoms with Crippen molar-refractivity contribution in [1.82, 2.24) is 23.8 Å². The Morgan fingerprint density at radius 1 is 1.32 bits per heavy atom. The van der Waals surface area contributed by atoms with E-state index in [1.54, 1.807) is 4.68 Å². The smallest absolute Gasteiger partial charge is 0.280 e. The lowest BCUT2D eigenvalue weighted by Gasteiger charge is -2.29. The summed E-state index contributed by atoms with van der Waals surface area (Å²) < 4.78 is 35.7. The Morgan fingerprint density at radius 2 is 2.11 bits per heavy atom. The number of nitrogens with zero attached hydrogens (tertiary/aromatic N) is 4. The standard InChI is InChI=1S/C10H17N5O3S/c16-19(17,14-4-6-18-7-5-14)13-9-2-1-3-15-10(9)11-8-12-15/h8-9,13H,1-7H2/t9-/m1/s1. The largest absolute Gasteiger partial charge is 0.379 e. The Morgan fingerprint density at radius 3 is 2.89 bits per heavy atom. The third-order valence-electron chi connectivity index (χ3n) is 3.42. The lowest BCUT2D eigenvalue weighted by molar-refractivity contribution is 0.0722. The van der Waals surface area contributed by atoms with Crippen molar-refractivity contribution in [3.63, 3.8) is 0 Å². The molecule has 1 N–H and O–H groups in total. The molecule has 1 aromatic rings. The molecule has 2 aliphatic rings. The second-order valence-corrected chi connectivity index (χ2v) is 6.37. The topological polar surface area (TPSA) is 89.3 Å². The minimum absolute atomic E-state index is 0.288. The fourth-order valence-corrected chi connectivity index (χ4v) is 3.80. The van der Waals surface area contributed by atoms with E-state index < -0.39 is 10.2 Å². The molecule has 0 bridgehead atoms. The summed E-state index contributed by atoms with van der Waals surface area (Å²) in [4.78, 5) is 4.15. The number of aromatic nitrogens is 3. The summed E-state index contributed by atoms with van der Waals surface area (Å²) in [6.07, 6.45) is 3.12. The Hall–Kier alpha value is -1.03. The third-order valence-corrected chi connectivity index (χ3v) is 5.05. The number of hydrogen-bond acceptors (Lipinski definition) is 5. The minimum Gasteiger partial charge on any atom is -0.379 e. The van der Waals surface area contributed by atoms with Crippen molar-refractivity contribution in [3.8, 4) is 0 Å². The zero-order valence-electron chi connectivity index (χ0n) is 10.5. The summed E-state index contributed by atoms with van der Waals surface area (Å²) in [6.45, 7) is 2.48. The maximum atomic E-state index is 12.3. The molecule has 0 spiro atoms. The van der Waals surface area contributed by atoms with Crippen molar-refractivity contribution in [3.05, 3.63) is 12.2 Å². The predicted molar refractivity (Wildman–Crippen MR) is 66.4 cm³/mol. The van der Waals surface area contributed by atoms with E-state index in [4.69, 9.17) is 4.74 Å². The molecular formula is C10H17N5O3S. The lowest BCUT2D eigenvalue weighted by Crippen LogP contribution is -2.48. The minimum atomic E-state index is -3.48. The first kappa shape index (κ1) is 13.0. The summed E-state index contributed by atoms with van der Waals surface area (Å²) in [5.41, 5.74) is 0. The van der Waals surface area contributed by atoms with E-state index in [1.165, 1.54) is 10.6 Å². The van der Waals surface area contributed by atoms with Gasteiger partial charge in [-0.15, -0.1) is 0 Å². The Bertz CT molecular complexity index is 537. The number of rotatable bonds is 3. The molecule has 106 valence electrons. The molecule has 1 atom stereocenters. The van der Waals surface area contributed by atoms with Crippen molar-refractivity contribution in [2.45, 2.75) is 25.4 Å². The van der Waals surface area contributed by atoms with Crippen molar-refractivity contribution in [2.24, 2.45) is 0 Å². The first-order valence-electron chi connectivity index (χ1n) is 6.40. The number of morpholine rings is 1. The first-order valence-corrected chi connectivity index (χ1v) is 7.84. The van der Waals surface area contributed by atoms with Gasteiger partial charge in [-0.1, -0.05) is 0 Å². The highest BCUT2D eigenvalue weighted by atomic mass is 32.2. The predicted octanol–water partition coefficient (Wildman–Crippen LogP) is -0.720. The highest BCUT2D eigenvalue weighted by molar-refractivity contribution is 7.87. The molecule has 0 amide bonds. The fraction of sp³-hybridized carbons (Fsp3) is 0.800. The summed E-state index contributed by atoms with van der Waals surface area (Å²) in [7, 11) is -3.48. The van der Waals surface area contributed by atoms with Crippen LogP contribution >= 0.6 is 0 Å². The van der Waals surface area contributed by atoms with Gasteiger partial charge in [0.2, 0.25) is 0 Å². The molecule has 0 unspecified atom stereocenters. The van der Waals surface area contributed by atoms with Gasteiger partial charge in [-0.05, 0) is 12.8 Å². The number of aryl methyl sites for hydroxylation is 1. The second-order valence-electron chi connectivity index (χ2n) is 4.67. The van der Waals surface area contributed by atoms with Crippen LogP contribution in [0.3, 0.4) is 0 Å². The zero-order chi connectivity index (χ0) is 13.3. The van der Waals surface area contributed by atoms with E-state index >= 15 is 0 Å². The van der Waals surface area contributed by atoms with Crippen LogP contribution in [-0.2, 0) is 21.5 Å². The Kier molecular flexibility index (Phi) is 3.52. The van der Waals surface area contributed by atoms with E-state index in [9.17, 15) is 8.42 Å². The van der Waals surface area contributed by atoms with Gasteiger partial charge in [0.25, 0.3) is 10.2 Å². The first-order chi connectivity index (χ1) is 9.17. The van der Waals surface area contributed by atoms with E-state index in [0.29, 0.717) is 32.1 Å². The SMILES string of the molecule is O=S(=O)(N[C@@H]1CCCn2ncnc21)N1CCOCC1. The van der Waals surface area contributed by atoms with Gasteiger partial charge >= 0.3 is 0 Å². The van der Waals surface area contributed by atoms with Crippen LogP contribution in [0.25, 0.3) is 0 Å². The Labute approximate surface area is 111 Å². The van der Waals surface area contributed by atoms with Crippen molar-refractivity contribution in [2.75, 3.05) is 26.3 Å². The number of fused-ring (bicyclic) bond motifs is 1. The van der Waals surface area contributed by atoms with Crippen LogP contribution in [0.1, 0.15) is 24.7 Å². The van der Waals surface area contributed by atoms with Crippen LogP contribution in [0.4, 0.5) is 0 Å². The molecule has 1 fully saturated rings. The van der Waals surface area contributed by atoms with Crippen LogP contribution < -0.4 is 4.72 Å². The summed E-state index contributed by atoms with van der Waals surface area (Å²) in [5.74, 6) is 0.697. The zero-order valence-corrected chi connectivity index (χ0v) is 11.3. The fourth-order valence-electron chi connectivity index (χ4n) is 2.44. The normalized spacial score (nSPS) is 25.2. The molecule has 3 rings (SSSR count). The molecular weight excluding hydrogens is 270 g/mol. The van der Waals surface area contributed by atoms with Gasteiger partial charge in [-0.2, -0.15) is 22.5 Å². The molecule has 1 aromatic heterocycles. The molecule has 3 heterocycles. The highest BCUT2D eigenvalue weighted by Crippen LogP contribution is 2.23. The van der Waals surface area contributed by atoms with Crippen molar-refractivity contribution < 1.29 is 13.2 Å². The molecule has 8 nitrogen and oxygen atoms in total. The van der Waals surface area contributed by atoms with Gasteiger partial charge in [0.05, 0.1) is 19.3 Å². The van der Waals surface area contributed by atoms with Gasteiger partial charge in [-0.3, -0.25) is 0 Å². The van der Waals surface area contributed by atoms with Crippen LogP contribution in [0.2, 0.25) is 0 Å². The maximum Gasteiger partial charge on any atom is 0.280 e. The van der Waals surface area contributed by atoms with E-state index in [0.717, 1.165) is 19.4 Å². The van der Waals surface area contributed by atoms with E-state index in [2.05, 4.69) is 14.8 Å². The van der Waals surface area contributed by atoms with E-state index in [-0.39, 0.29) is 6.04 Å². The average molecular weight is 287 g/mol. The van der Waals surface area contributed by atoms with Crippen LogP contribution in [0.15, 0.2) is 6.33 Å². The number of nitrogens with one attached hydrogen (secondary N) is 1. The number of ether oxygens (including phenoxy) is 1. The molecule has 2 aliphatic heterocycles. The van der Waals surface area contributed by atoms with Gasteiger partial charge in [-0.25, -0.2) is 9.67 Å². The summed E-state index contributed by atoms with van der Waals surface area (Å²) >= 11 is 0.